The summed E-state index contributed by atoms with van der Waals surface area (Å²) >= 11 is 6.06. The molecule has 0 fully saturated rings. The van der Waals surface area contributed by atoms with Gasteiger partial charge in [-0.2, -0.15) is 0 Å². The van der Waals surface area contributed by atoms with Gasteiger partial charge in [-0.1, -0.05) is 29.8 Å². The number of benzene rings is 1. The lowest BCUT2D eigenvalue weighted by Gasteiger charge is -2.19. The van der Waals surface area contributed by atoms with Crippen LogP contribution in [0.2, 0.25) is 5.02 Å². The maximum absolute atomic E-state index is 11.0. The Morgan fingerprint density at radius 3 is 2.53 bits per heavy atom. The van der Waals surface area contributed by atoms with Crippen molar-refractivity contribution in [3.05, 3.63) is 34.9 Å². The van der Waals surface area contributed by atoms with Crippen molar-refractivity contribution in [2.75, 3.05) is 6.54 Å². The highest BCUT2D eigenvalue weighted by Gasteiger charge is 2.19. The van der Waals surface area contributed by atoms with Crippen molar-refractivity contribution in [2.24, 2.45) is 0 Å². The molecule has 0 spiro atoms. The van der Waals surface area contributed by atoms with Crippen LogP contribution < -0.4 is 10.6 Å². The lowest BCUT2D eigenvalue weighted by atomic mass is 10.1. The molecule has 0 aromatic heterocycles. The third kappa shape index (κ3) is 4.89. The summed E-state index contributed by atoms with van der Waals surface area (Å²) in [5, 5.41) is 15.0. The molecule has 19 heavy (non-hydrogen) atoms. The Hall–Kier alpha value is -1.59. The highest BCUT2D eigenvalue weighted by molar-refractivity contribution is 6.31. The standard InChI is InChI=1S/C13H17ClN2O3/c1-8(10-5-3-4-6-11(10)14)15-7-12(13(18)19)16-9(2)17/h3-6,8,12,15H,7H2,1-2H3,(H,16,17)(H,18,19)/t8-,12?/m0/s1. The zero-order valence-corrected chi connectivity index (χ0v) is 11.6. The van der Waals surface area contributed by atoms with E-state index in [-0.39, 0.29) is 18.5 Å². The van der Waals surface area contributed by atoms with Gasteiger partial charge in [0.2, 0.25) is 5.91 Å². The van der Waals surface area contributed by atoms with Gasteiger partial charge in [0.25, 0.3) is 0 Å². The molecule has 1 rings (SSSR count). The first-order chi connectivity index (χ1) is 8.91. The van der Waals surface area contributed by atoms with Crippen LogP contribution >= 0.6 is 11.6 Å². The number of amides is 1. The predicted molar refractivity (Wildman–Crippen MR) is 73.1 cm³/mol. The molecule has 0 aliphatic heterocycles. The summed E-state index contributed by atoms with van der Waals surface area (Å²) in [6, 6.07) is 6.27. The lowest BCUT2D eigenvalue weighted by Crippen LogP contribution is -2.46. The molecule has 0 radical (unpaired) electrons. The van der Waals surface area contributed by atoms with E-state index in [0.717, 1.165) is 5.56 Å². The van der Waals surface area contributed by atoms with Gasteiger partial charge in [0.1, 0.15) is 6.04 Å². The molecule has 0 aliphatic rings. The summed E-state index contributed by atoms with van der Waals surface area (Å²) in [5.41, 5.74) is 0.885. The van der Waals surface area contributed by atoms with E-state index in [2.05, 4.69) is 10.6 Å². The highest BCUT2D eigenvalue weighted by Crippen LogP contribution is 2.21. The van der Waals surface area contributed by atoms with Gasteiger partial charge >= 0.3 is 5.97 Å². The molecule has 0 aliphatic carbocycles. The summed E-state index contributed by atoms with van der Waals surface area (Å²) in [6.45, 7) is 3.29. The maximum atomic E-state index is 11.0. The molecule has 1 aromatic carbocycles. The topological polar surface area (TPSA) is 78.4 Å². The molecule has 0 saturated heterocycles. The normalized spacial score (nSPS) is 13.6. The number of halogens is 1. The number of carbonyl (C=O) groups is 2. The quantitative estimate of drug-likeness (QED) is 0.741. The second-order valence-electron chi connectivity index (χ2n) is 4.24. The van der Waals surface area contributed by atoms with Crippen LogP contribution in [0.5, 0.6) is 0 Å². The largest absolute Gasteiger partial charge is 0.480 e. The van der Waals surface area contributed by atoms with Crippen molar-refractivity contribution >= 4 is 23.5 Å². The minimum absolute atomic E-state index is 0.107. The van der Waals surface area contributed by atoms with Gasteiger partial charge in [0.15, 0.2) is 0 Å². The number of carboxylic acid groups (broad SMARTS) is 1. The maximum Gasteiger partial charge on any atom is 0.327 e. The van der Waals surface area contributed by atoms with E-state index in [1.54, 1.807) is 6.07 Å². The minimum atomic E-state index is -1.07. The van der Waals surface area contributed by atoms with Crippen molar-refractivity contribution in [3.63, 3.8) is 0 Å². The van der Waals surface area contributed by atoms with Gasteiger partial charge in [-0.05, 0) is 18.6 Å². The fourth-order valence-corrected chi connectivity index (χ4v) is 1.98. The van der Waals surface area contributed by atoms with Crippen LogP contribution in [0.3, 0.4) is 0 Å². The zero-order chi connectivity index (χ0) is 14.4. The van der Waals surface area contributed by atoms with Crippen LogP contribution in [0, 0.1) is 0 Å². The molecular formula is C13H17ClN2O3. The second-order valence-corrected chi connectivity index (χ2v) is 4.65. The van der Waals surface area contributed by atoms with Gasteiger partial charge in [-0.3, -0.25) is 4.79 Å². The van der Waals surface area contributed by atoms with E-state index in [1.807, 2.05) is 25.1 Å². The van der Waals surface area contributed by atoms with Crippen LogP contribution in [-0.2, 0) is 9.59 Å². The van der Waals surface area contributed by atoms with E-state index in [0.29, 0.717) is 5.02 Å². The lowest BCUT2D eigenvalue weighted by molar-refractivity contribution is -0.141. The molecule has 1 unspecified atom stereocenters. The van der Waals surface area contributed by atoms with Crippen molar-refractivity contribution in [3.8, 4) is 0 Å². The Bertz CT molecular complexity index is 465. The van der Waals surface area contributed by atoms with Crippen LogP contribution in [0.15, 0.2) is 24.3 Å². The molecule has 0 saturated carbocycles. The second kappa shape index (κ2) is 7.11. The van der Waals surface area contributed by atoms with E-state index in [1.165, 1.54) is 6.92 Å². The zero-order valence-electron chi connectivity index (χ0n) is 10.8. The molecule has 1 amide bonds. The number of nitrogens with one attached hydrogen (secondary N) is 2. The number of carboxylic acids is 1. The SMILES string of the molecule is CC(=O)NC(CN[C@@H](C)c1ccccc1Cl)C(=O)O. The number of hydrogen-bond acceptors (Lipinski definition) is 3. The number of aliphatic carboxylic acids is 1. The third-order valence-electron chi connectivity index (χ3n) is 2.68. The van der Waals surface area contributed by atoms with Crippen molar-refractivity contribution in [2.45, 2.75) is 25.9 Å². The Kier molecular flexibility index (Phi) is 5.79. The summed E-state index contributed by atoms with van der Waals surface area (Å²) in [6.07, 6.45) is 0. The third-order valence-corrected chi connectivity index (χ3v) is 3.02. The van der Waals surface area contributed by atoms with Crippen LogP contribution in [0.4, 0.5) is 0 Å². The van der Waals surface area contributed by atoms with Gasteiger partial charge < -0.3 is 15.7 Å². The fourth-order valence-electron chi connectivity index (χ4n) is 1.68. The van der Waals surface area contributed by atoms with E-state index < -0.39 is 12.0 Å². The van der Waals surface area contributed by atoms with Gasteiger partial charge in [-0.25, -0.2) is 4.79 Å². The highest BCUT2D eigenvalue weighted by atomic mass is 35.5. The first kappa shape index (κ1) is 15.5. The number of carbonyl (C=O) groups excluding carboxylic acids is 1. The first-order valence-electron chi connectivity index (χ1n) is 5.89. The van der Waals surface area contributed by atoms with Crippen LogP contribution in [-0.4, -0.2) is 29.6 Å². The fraction of sp³-hybridized carbons (Fsp3) is 0.385. The van der Waals surface area contributed by atoms with E-state index in [9.17, 15) is 9.59 Å². The monoisotopic (exact) mass is 284 g/mol. The molecule has 0 heterocycles. The minimum Gasteiger partial charge on any atom is -0.480 e. The average Bonchev–Trinajstić information content (AvgIpc) is 2.34. The van der Waals surface area contributed by atoms with E-state index >= 15 is 0 Å². The van der Waals surface area contributed by atoms with Crippen molar-refractivity contribution in [1.82, 2.24) is 10.6 Å². The average molecular weight is 285 g/mol. The molecule has 1 aromatic rings. The molecule has 2 atom stereocenters. The van der Waals surface area contributed by atoms with Crippen molar-refractivity contribution in [1.29, 1.82) is 0 Å². The Morgan fingerprint density at radius 2 is 2.00 bits per heavy atom. The molecule has 5 nitrogen and oxygen atoms in total. The smallest absolute Gasteiger partial charge is 0.327 e. The molecule has 104 valence electrons. The predicted octanol–water partition coefficient (Wildman–Crippen LogP) is 1.58. The number of rotatable bonds is 6. The van der Waals surface area contributed by atoms with Gasteiger partial charge in [0, 0.05) is 24.5 Å². The summed E-state index contributed by atoms with van der Waals surface area (Å²) in [4.78, 5) is 21.9. The number of hydrogen-bond donors (Lipinski definition) is 3. The van der Waals surface area contributed by atoms with Crippen molar-refractivity contribution < 1.29 is 14.7 Å². The van der Waals surface area contributed by atoms with Gasteiger partial charge in [-0.15, -0.1) is 0 Å². The Labute approximate surface area is 117 Å². The summed E-state index contributed by atoms with van der Waals surface area (Å²) < 4.78 is 0. The Morgan fingerprint density at radius 1 is 1.37 bits per heavy atom. The molecular weight excluding hydrogens is 268 g/mol. The summed E-state index contributed by atoms with van der Waals surface area (Å²) in [7, 11) is 0. The molecule has 0 bridgehead atoms. The first-order valence-corrected chi connectivity index (χ1v) is 6.27. The van der Waals surface area contributed by atoms with Crippen LogP contribution in [0.1, 0.15) is 25.5 Å². The summed E-state index contributed by atoms with van der Waals surface area (Å²) in [5.74, 6) is -1.45. The molecule has 6 heteroatoms. The molecule has 3 N–H and O–H groups in total. The van der Waals surface area contributed by atoms with Gasteiger partial charge in [0.05, 0.1) is 0 Å². The van der Waals surface area contributed by atoms with E-state index in [4.69, 9.17) is 16.7 Å². The Balaban J connectivity index is 2.62. The van der Waals surface area contributed by atoms with Crippen LogP contribution in [0.25, 0.3) is 0 Å².